The van der Waals surface area contributed by atoms with Gasteiger partial charge in [-0.1, -0.05) is 0 Å². The van der Waals surface area contributed by atoms with Crippen LogP contribution in [0.1, 0.15) is 17.2 Å². The minimum absolute atomic E-state index is 0.520. The molecule has 3 heterocycles. The Morgan fingerprint density at radius 1 is 0.903 bits per heavy atom. The molecule has 0 atom stereocenters. The number of methoxy groups -OCH3 is 3. The number of pyridine rings is 1. The van der Waals surface area contributed by atoms with Crippen LogP contribution in [0, 0.1) is 20.8 Å². The second-order valence-corrected chi connectivity index (χ2v) is 7.02. The van der Waals surface area contributed by atoms with E-state index in [1.54, 1.807) is 32.0 Å². The normalized spacial score (nSPS) is 10.9. The molecule has 1 N–H and O–H groups in total. The van der Waals surface area contributed by atoms with E-state index in [0.717, 1.165) is 34.0 Å². The molecule has 9 heteroatoms. The van der Waals surface area contributed by atoms with Crippen LogP contribution in [0.4, 0.5) is 11.5 Å². The number of benzene rings is 1. The van der Waals surface area contributed by atoms with Crippen molar-refractivity contribution >= 4 is 17.0 Å². The zero-order valence-corrected chi connectivity index (χ0v) is 18.3. The van der Waals surface area contributed by atoms with E-state index < -0.39 is 0 Å². The molecule has 0 amide bonds. The van der Waals surface area contributed by atoms with Gasteiger partial charge in [0.15, 0.2) is 23.1 Å². The molecule has 31 heavy (non-hydrogen) atoms. The molecule has 0 aliphatic heterocycles. The van der Waals surface area contributed by atoms with Gasteiger partial charge in [-0.3, -0.25) is 4.98 Å². The van der Waals surface area contributed by atoms with Crippen molar-refractivity contribution in [2.45, 2.75) is 20.8 Å². The van der Waals surface area contributed by atoms with E-state index in [2.05, 4.69) is 20.4 Å². The van der Waals surface area contributed by atoms with Crippen LogP contribution < -0.4 is 19.5 Å². The van der Waals surface area contributed by atoms with Gasteiger partial charge in [-0.25, -0.2) is 14.5 Å². The third-order valence-electron chi connectivity index (χ3n) is 4.92. The molecule has 4 aromatic rings. The SMILES string of the molecule is COc1cc(Nc2nc(-c3ccc(C)nc3)nn3c(C)nc(C)c23)cc(OC)c1OC. The van der Waals surface area contributed by atoms with Crippen LogP contribution in [0.3, 0.4) is 0 Å². The van der Waals surface area contributed by atoms with Crippen LogP contribution in [-0.2, 0) is 0 Å². The van der Waals surface area contributed by atoms with Crippen molar-refractivity contribution in [1.29, 1.82) is 0 Å². The number of rotatable bonds is 6. The molecular formula is C22H24N6O3. The van der Waals surface area contributed by atoms with Gasteiger partial charge in [0.1, 0.15) is 11.3 Å². The number of anilines is 2. The van der Waals surface area contributed by atoms with E-state index in [0.29, 0.717) is 28.9 Å². The Morgan fingerprint density at radius 2 is 1.61 bits per heavy atom. The van der Waals surface area contributed by atoms with E-state index in [1.165, 1.54) is 0 Å². The second-order valence-electron chi connectivity index (χ2n) is 7.02. The fourth-order valence-corrected chi connectivity index (χ4v) is 3.43. The highest BCUT2D eigenvalue weighted by atomic mass is 16.5. The highest BCUT2D eigenvalue weighted by Gasteiger charge is 2.18. The van der Waals surface area contributed by atoms with Gasteiger partial charge >= 0.3 is 0 Å². The summed E-state index contributed by atoms with van der Waals surface area (Å²) in [5.74, 6) is 3.52. The van der Waals surface area contributed by atoms with Crippen molar-refractivity contribution in [2.24, 2.45) is 0 Å². The summed E-state index contributed by atoms with van der Waals surface area (Å²) in [4.78, 5) is 13.7. The first-order valence-corrected chi connectivity index (χ1v) is 9.69. The van der Waals surface area contributed by atoms with Gasteiger partial charge in [0.2, 0.25) is 5.75 Å². The number of aryl methyl sites for hydroxylation is 3. The molecule has 1 aromatic carbocycles. The molecule has 0 fully saturated rings. The number of hydrogen-bond acceptors (Lipinski definition) is 8. The lowest BCUT2D eigenvalue weighted by atomic mass is 10.2. The predicted octanol–water partition coefficient (Wildman–Crippen LogP) is 3.88. The first kappa shape index (κ1) is 20.4. The Kier molecular flexibility index (Phi) is 5.33. The zero-order chi connectivity index (χ0) is 22.1. The lowest BCUT2D eigenvalue weighted by Crippen LogP contribution is -2.06. The number of nitrogens with one attached hydrogen (secondary N) is 1. The molecule has 3 aromatic heterocycles. The van der Waals surface area contributed by atoms with Crippen LogP contribution in [0.2, 0.25) is 0 Å². The predicted molar refractivity (Wildman–Crippen MR) is 118 cm³/mol. The van der Waals surface area contributed by atoms with Crippen LogP contribution in [0.5, 0.6) is 17.2 Å². The summed E-state index contributed by atoms with van der Waals surface area (Å²) in [6.45, 7) is 5.78. The highest BCUT2D eigenvalue weighted by molar-refractivity contribution is 5.78. The molecule has 160 valence electrons. The summed E-state index contributed by atoms with van der Waals surface area (Å²) in [6.07, 6.45) is 1.76. The number of fused-ring (bicyclic) bond motifs is 1. The van der Waals surface area contributed by atoms with Crippen molar-refractivity contribution in [3.63, 3.8) is 0 Å². The molecule has 0 aliphatic rings. The number of nitrogens with zero attached hydrogens (tertiary/aromatic N) is 5. The number of imidazole rings is 1. The third-order valence-corrected chi connectivity index (χ3v) is 4.92. The molecule has 0 unspecified atom stereocenters. The molecule has 0 radical (unpaired) electrons. The Morgan fingerprint density at radius 3 is 2.19 bits per heavy atom. The average molecular weight is 420 g/mol. The van der Waals surface area contributed by atoms with E-state index in [-0.39, 0.29) is 0 Å². The summed E-state index contributed by atoms with van der Waals surface area (Å²) < 4.78 is 18.2. The number of hydrogen-bond donors (Lipinski definition) is 1. The van der Waals surface area contributed by atoms with Gasteiger partial charge in [0.25, 0.3) is 0 Å². The lowest BCUT2D eigenvalue weighted by Gasteiger charge is -2.15. The van der Waals surface area contributed by atoms with Crippen molar-refractivity contribution in [3.05, 3.63) is 47.7 Å². The van der Waals surface area contributed by atoms with Crippen LogP contribution in [0.25, 0.3) is 16.9 Å². The Bertz CT molecular complexity index is 1230. The van der Waals surface area contributed by atoms with Gasteiger partial charge in [-0.2, -0.15) is 0 Å². The van der Waals surface area contributed by atoms with E-state index in [1.807, 2.05) is 45.0 Å². The van der Waals surface area contributed by atoms with Gasteiger partial charge in [0, 0.05) is 35.3 Å². The summed E-state index contributed by atoms with van der Waals surface area (Å²) >= 11 is 0. The number of aromatic nitrogens is 5. The lowest BCUT2D eigenvalue weighted by molar-refractivity contribution is 0.324. The van der Waals surface area contributed by atoms with E-state index in [9.17, 15) is 0 Å². The molecule has 0 saturated heterocycles. The minimum atomic E-state index is 0.520. The van der Waals surface area contributed by atoms with Gasteiger partial charge in [-0.05, 0) is 32.9 Å². The molecule has 4 rings (SSSR count). The summed E-state index contributed by atoms with van der Waals surface area (Å²) in [5, 5.41) is 8.06. The first-order chi connectivity index (χ1) is 14.9. The largest absolute Gasteiger partial charge is 0.493 e. The Hall–Kier alpha value is -3.88. The third kappa shape index (κ3) is 3.70. The minimum Gasteiger partial charge on any atom is -0.493 e. The highest BCUT2D eigenvalue weighted by Crippen LogP contribution is 2.41. The fourth-order valence-electron chi connectivity index (χ4n) is 3.43. The van der Waals surface area contributed by atoms with Crippen molar-refractivity contribution in [3.8, 4) is 28.6 Å². The Labute approximate surface area is 180 Å². The smallest absolute Gasteiger partial charge is 0.203 e. The van der Waals surface area contributed by atoms with E-state index >= 15 is 0 Å². The Balaban J connectivity index is 1.88. The van der Waals surface area contributed by atoms with Gasteiger partial charge in [0.05, 0.1) is 27.0 Å². The second kappa shape index (κ2) is 8.10. The van der Waals surface area contributed by atoms with E-state index in [4.69, 9.17) is 19.2 Å². The molecular weight excluding hydrogens is 396 g/mol. The van der Waals surface area contributed by atoms with Crippen LogP contribution >= 0.6 is 0 Å². The van der Waals surface area contributed by atoms with Gasteiger partial charge < -0.3 is 19.5 Å². The maximum absolute atomic E-state index is 5.47. The average Bonchev–Trinajstić information content (AvgIpc) is 3.07. The van der Waals surface area contributed by atoms with Crippen LogP contribution in [0.15, 0.2) is 30.5 Å². The number of ether oxygens (including phenoxy) is 3. The summed E-state index contributed by atoms with van der Waals surface area (Å²) in [6, 6.07) is 7.53. The molecule has 0 aliphatic carbocycles. The topological polar surface area (TPSA) is 95.7 Å². The van der Waals surface area contributed by atoms with Crippen LogP contribution in [-0.4, -0.2) is 45.9 Å². The zero-order valence-electron chi connectivity index (χ0n) is 18.3. The molecule has 0 saturated carbocycles. The summed E-state index contributed by atoms with van der Waals surface area (Å²) in [7, 11) is 4.73. The maximum atomic E-state index is 5.47. The molecule has 0 bridgehead atoms. The van der Waals surface area contributed by atoms with Crippen molar-refractivity contribution in [1.82, 2.24) is 24.6 Å². The first-order valence-electron chi connectivity index (χ1n) is 9.69. The maximum Gasteiger partial charge on any atom is 0.203 e. The molecule has 9 nitrogen and oxygen atoms in total. The van der Waals surface area contributed by atoms with Gasteiger partial charge in [-0.15, -0.1) is 5.10 Å². The van der Waals surface area contributed by atoms with Crippen molar-refractivity contribution < 1.29 is 14.2 Å². The summed E-state index contributed by atoms with van der Waals surface area (Å²) in [5.41, 5.74) is 4.07. The van der Waals surface area contributed by atoms with Crippen molar-refractivity contribution in [2.75, 3.05) is 26.6 Å². The monoisotopic (exact) mass is 420 g/mol. The fraction of sp³-hybridized carbons (Fsp3) is 0.273. The molecule has 0 spiro atoms. The quantitative estimate of drug-likeness (QED) is 0.502. The standard InChI is InChI=1S/C22H24N6O3/c1-12-7-8-15(11-23-12)21-26-22(19-13(2)24-14(3)28(19)27-21)25-16-9-17(29-4)20(31-6)18(10-16)30-5/h7-11H,1-6H3,(H,25,26,27).